The van der Waals surface area contributed by atoms with Crippen molar-refractivity contribution in [2.75, 3.05) is 33.9 Å². The minimum Gasteiger partial charge on any atom is -0.462 e. The van der Waals surface area contributed by atoms with Crippen molar-refractivity contribution in [3.8, 4) is 0 Å². The summed E-state index contributed by atoms with van der Waals surface area (Å²) >= 11 is 0. The lowest BCUT2D eigenvalue weighted by Crippen LogP contribution is -2.77. The maximum atomic E-state index is 12.6. The number of hydrogen-bond acceptors (Lipinski definition) is 7. The first-order valence-corrected chi connectivity index (χ1v) is 12.6. The van der Waals surface area contributed by atoms with Gasteiger partial charge in [-0.1, -0.05) is 6.92 Å². The number of carbonyl (C=O) groups excluding carboxylic acids is 1. The zero-order valence-corrected chi connectivity index (χ0v) is 19.8. The SMILES string of the molecule is CCN1CC2(COC)CCC(O)C34C5CC6CC(OC)C(O)(C(CC23)C14)C5C6OC(C)=O. The minimum atomic E-state index is -1.05. The Morgan fingerprint density at radius 3 is 2.62 bits per heavy atom. The van der Waals surface area contributed by atoms with Gasteiger partial charge in [0.15, 0.2) is 0 Å². The van der Waals surface area contributed by atoms with Gasteiger partial charge in [0.2, 0.25) is 0 Å². The zero-order chi connectivity index (χ0) is 22.6. The number of nitrogens with zero attached hydrogens (tertiary/aromatic N) is 1. The molecule has 180 valence electrons. The number of methoxy groups -OCH3 is 2. The summed E-state index contributed by atoms with van der Waals surface area (Å²) < 4.78 is 17.8. The van der Waals surface area contributed by atoms with Gasteiger partial charge in [-0.15, -0.1) is 0 Å². The third-order valence-corrected chi connectivity index (χ3v) is 11.2. The Labute approximate surface area is 190 Å². The van der Waals surface area contributed by atoms with Crippen molar-refractivity contribution in [3.05, 3.63) is 0 Å². The van der Waals surface area contributed by atoms with Gasteiger partial charge in [-0.25, -0.2) is 0 Å². The number of aliphatic hydroxyl groups excluding tert-OH is 1. The van der Waals surface area contributed by atoms with Gasteiger partial charge in [0, 0.05) is 56.4 Å². The molecule has 1 saturated heterocycles. The molecule has 7 nitrogen and oxygen atoms in total. The fourth-order valence-electron chi connectivity index (χ4n) is 10.7. The van der Waals surface area contributed by atoms with Crippen LogP contribution >= 0.6 is 0 Å². The van der Waals surface area contributed by atoms with Crippen LogP contribution in [0, 0.1) is 40.4 Å². The third kappa shape index (κ3) is 2.24. The normalized spacial score (nSPS) is 57.5. The first-order chi connectivity index (χ1) is 15.3. The highest BCUT2D eigenvalue weighted by Gasteiger charge is 2.84. The number of likely N-dealkylation sites (tertiary alicyclic amines) is 1. The summed E-state index contributed by atoms with van der Waals surface area (Å²) in [5.41, 5.74) is -1.32. The summed E-state index contributed by atoms with van der Waals surface area (Å²) in [6.07, 6.45) is 3.31. The van der Waals surface area contributed by atoms with E-state index in [9.17, 15) is 15.0 Å². The van der Waals surface area contributed by atoms with Crippen molar-refractivity contribution in [2.45, 2.75) is 75.9 Å². The molecule has 7 bridgehead atoms. The molecule has 5 aliphatic carbocycles. The predicted octanol–water partition coefficient (Wildman–Crippen LogP) is 1.45. The van der Waals surface area contributed by atoms with Crippen LogP contribution in [-0.2, 0) is 19.0 Å². The topological polar surface area (TPSA) is 88.5 Å². The molecule has 5 saturated carbocycles. The molecule has 1 aliphatic heterocycles. The smallest absolute Gasteiger partial charge is 0.302 e. The van der Waals surface area contributed by atoms with Crippen LogP contribution in [0.25, 0.3) is 0 Å². The monoisotopic (exact) mass is 449 g/mol. The van der Waals surface area contributed by atoms with E-state index in [0.717, 1.165) is 38.8 Å². The molecule has 32 heavy (non-hydrogen) atoms. The molecule has 1 heterocycles. The Hall–Kier alpha value is -0.730. The standard InChI is InChI=1S/C25H39NO6/c1-5-26-11-23(12-30-3)7-6-18(28)24-15-8-14-9-19(31-4)25(29,16(22(24)26)10-17(23)24)20(15)21(14)32-13(2)27/h14-22,28-29H,5-12H2,1-4H3. The summed E-state index contributed by atoms with van der Waals surface area (Å²) in [6.45, 7) is 6.25. The number of hydrogen-bond donors (Lipinski definition) is 2. The Morgan fingerprint density at radius 2 is 1.97 bits per heavy atom. The van der Waals surface area contributed by atoms with Crippen LogP contribution in [-0.4, -0.2) is 85.0 Å². The molecule has 0 aromatic rings. The first kappa shape index (κ1) is 21.8. The highest BCUT2D eigenvalue weighted by molar-refractivity contribution is 5.66. The van der Waals surface area contributed by atoms with Crippen molar-refractivity contribution in [3.63, 3.8) is 0 Å². The van der Waals surface area contributed by atoms with Crippen LogP contribution in [0.1, 0.15) is 46.0 Å². The van der Waals surface area contributed by atoms with Gasteiger partial charge in [-0.3, -0.25) is 9.69 Å². The molecule has 2 N–H and O–H groups in total. The lowest BCUT2D eigenvalue weighted by Gasteiger charge is -2.69. The number of carbonyl (C=O) groups is 1. The second-order valence-corrected chi connectivity index (χ2v) is 11.8. The number of esters is 1. The third-order valence-electron chi connectivity index (χ3n) is 11.2. The maximum Gasteiger partial charge on any atom is 0.302 e. The minimum absolute atomic E-state index is 0.00181. The van der Waals surface area contributed by atoms with Crippen molar-refractivity contribution in [1.82, 2.24) is 4.90 Å². The van der Waals surface area contributed by atoms with Gasteiger partial charge in [-0.2, -0.15) is 0 Å². The molecule has 1 spiro atoms. The zero-order valence-electron chi connectivity index (χ0n) is 19.8. The number of ether oxygens (including phenoxy) is 3. The molecule has 12 atom stereocenters. The summed E-state index contributed by atoms with van der Waals surface area (Å²) in [5, 5.41) is 24.5. The van der Waals surface area contributed by atoms with Gasteiger partial charge >= 0.3 is 5.97 Å². The molecule has 0 aromatic heterocycles. The Bertz CT molecular complexity index is 807. The quantitative estimate of drug-likeness (QED) is 0.614. The van der Waals surface area contributed by atoms with Gasteiger partial charge in [0.1, 0.15) is 11.7 Å². The van der Waals surface area contributed by atoms with Crippen LogP contribution in [0.4, 0.5) is 0 Å². The van der Waals surface area contributed by atoms with Crippen molar-refractivity contribution >= 4 is 5.97 Å². The van der Waals surface area contributed by atoms with Crippen LogP contribution in [0.5, 0.6) is 0 Å². The fraction of sp³-hybridized carbons (Fsp3) is 0.960. The average Bonchev–Trinajstić information content (AvgIpc) is 3.18. The van der Waals surface area contributed by atoms with Gasteiger partial charge in [-0.05, 0) is 56.4 Å². The number of rotatable bonds is 5. The fourth-order valence-corrected chi connectivity index (χ4v) is 10.7. The highest BCUT2D eigenvalue weighted by Crippen LogP contribution is 2.79. The Morgan fingerprint density at radius 1 is 1.19 bits per heavy atom. The van der Waals surface area contributed by atoms with Gasteiger partial charge in [0.05, 0.1) is 18.8 Å². The van der Waals surface area contributed by atoms with E-state index >= 15 is 0 Å². The van der Waals surface area contributed by atoms with Crippen LogP contribution in [0.2, 0.25) is 0 Å². The average molecular weight is 450 g/mol. The number of aliphatic hydroxyl groups is 2. The van der Waals surface area contributed by atoms with E-state index in [-0.39, 0.29) is 58.7 Å². The van der Waals surface area contributed by atoms with E-state index < -0.39 is 11.7 Å². The summed E-state index contributed by atoms with van der Waals surface area (Å²) in [6, 6.07) is 0.136. The highest BCUT2D eigenvalue weighted by atomic mass is 16.5. The van der Waals surface area contributed by atoms with E-state index in [4.69, 9.17) is 14.2 Å². The van der Waals surface area contributed by atoms with Gasteiger partial charge in [0.25, 0.3) is 0 Å². The maximum absolute atomic E-state index is 12.6. The first-order valence-electron chi connectivity index (χ1n) is 12.6. The van der Waals surface area contributed by atoms with Crippen LogP contribution in [0.15, 0.2) is 0 Å². The van der Waals surface area contributed by atoms with Crippen LogP contribution in [0.3, 0.4) is 0 Å². The molecule has 6 rings (SSSR count). The molecule has 0 aromatic carbocycles. The number of piperidine rings is 1. The van der Waals surface area contributed by atoms with Gasteiger partial charge < -0.3 is 24.4 Å². The summed E-state index contributed by atoms with van der Waals surface area (Å²) in [5.74, 6) is 0.160. The van der Waals surface area contributed by atoms with Crippen LogP contribution < -0.4 is 0 Å². The lowest BCUT2D eigenvalue weighted by atomic mass is 9.43. The molecular formula is C25H39NO6. The van der Waals surface area contributed by atoms with E-state index in [1.54, 1.807) is 14.2 Å². The Balaban J connectivity index is 1.57. The lowest BCUT2D eigenvalue weighted by molar-refractivity contribution is -0.288. The predicted molar refractivity (Wildman–Crippen MR) is 116 cm³/mol. The van der Waals surface area contributed by atoms with E-state index in [1.807, 2.05) is 0 Å². The second-order valence-electron chi connectivity index (χ2n) is 11.8. The molecule has 6 aliphatic rings. The van der Waals surface area contributed by atoms with Crippen molar-refractivity contribution in [1.29, 1.82) is 0 Å². The molecular weight excluding hydrogens is 410 g/mol. The second kappa shape index (κ2) is 6.91. The van der Waals surface area contributed by atoms with E-state index in [0.29, 0.717) is 18.9 Å². The largest absolute Gasteiger partial charge is 0.462 e. The molecule has 0 amide bonds. The van der Waals surface area contributed by atoms with Crippen molar-refractivity contribution < 1.29 is 29.2 Å². The molecule has 6 fully saturated rings. The molecule has 7 heteroatoms. The molecule has 0 radical (unpaired) electrons. The Kier molecular flexibility index (Phi) is 4.70. The summed E-state index contributed by atoms with van der Waals surface area (Å²) in [7, 11) is 3.51. The van der Waals surface area contributed by atoms with Crippen molar-refractivity contribution in [2.24, 2.45) is 40.4 Å². The van der Waals surface area contributed by atoms with E-state index in [1.165, 1.54) is 6.92 Å². The number of fused-ring (bicyclic) bond motifs is 2. The summed E-state index contributed by atoms with van der Waals surface area (Å²) in [4.78, 5) is 14.6. The molecule has 12 unspecified atom stereocenters. The van der Waals surface area contributed by atoms with E-state index in [2.05, 4.69) is 11.8 Å².